The van der Waals surface area contributed by atoms with Gasteiger partial charge in [0.25, 0.3) is 0 Å². The number of anilines is 1. The van der Waals surface area contributed by atoms with Gasteiger partial charge in [0.1, 0.15) is 17.2 Å². The molecule has 2 aromatic carbocycles. The molecular formula is C21H20Br2N4O2. The Bertz CT molecular complexity index is 980. The molecule has 1 aliphatic heterocycles. The van der Waals surface area contributed by atoms with Crippen molar-refractivity contribution in [3.63, 3.8) is 0 Å². The zero-order valence-corrected chi connectivity index (χ0v) is 18.7. The van der Waals surface area contributed by atoms with Crippen LogP contribution >= 0.6 is 31.9 Å². The molecule has 2 N–H and O–H groups in total. The monoisotopic (exact) mass is 518 g/mol. The van der Waals surface area contributed by atoms with Gasteiger partial charge in [-0.25, -0.2) is 4.98 Å². The van der Waals surface area contributed by atoms with Crippen LogP contribution in [0.15, 0.2) is 63.7 Å². The van der Waals surface area contributed by atoms with Crippen molar-refractivity contribution in [3.8, 4) is 23.4 Å². The van der Waals surface area contributed by atoms with Crippen LogP contribution in [0, 0.1) is 0 Å². The van der Waals surface area contributed by atoms with Gasteiger partial charge in [-0.2, -0.15) is 4.98 Å². The fourth-order valence-electron chi connectivity index (χ4n) is 3.02. The van der Waals surface area contributed by atoms with E-state index in [0.717, 1.165) is 28.5 Å². The quantitative estimate of drug-likeness (QED) is 0.414. The van der Waals surface area contributed by atoms with Gasteiger partial charge >= 0.3 is 6.01 Å². The Hall–Kier alpha value is -2.16. The lowest BCUT2D eigenvalue weighted by molar-refractivity contribution is 0.410. The third kappa shape index (κ3) is 5.26. The van der Waals surface area contributed by atoms with Crippen molar-refractivity contribution < 1.29 is 9.47 Å². The molecule has 0 aliphatic carbocycles. The van der Waals surface area contributed by atoms with Crippen LogP contribution in [0.25, 0.3) is 0 Å². The van der Waals surface area contributed by atoms with Crippen molar-refractivity contribution in [1.29, 1.82) is 0 Å². The first-order valence-corrected chi connectivity index (χ1v) is 11.0. The van der Waals surface area contributed by atoms with E-state index in [9.17, 15) is 0 Å². The molecule has 0 saturated carbocycles. The van der Waals surface area contributed by atoms with Crippen LogP contribution in [0.4, 0.5) is 5.69 Å². The maximum atomic E-state index is 6.09. The van der Waals surface area contributed by atoms with Gasteiger partial charge in [-0.1, -0.05) is 24.3 Å². The Labute approximate surface area is 186 Å². The summed E-state index contributed by atoms with van der Waals surface area (Å²) in [6, 6.07) is 15.8. The van der Waals surface area contributed by atoms with Crippen LogP contribution in [0.2, 0.25) is 0 Å². The summed E-state index contributed by atoms with van der Waals surface area (Å²) in [5.41, 5.74) is 0.717. The zero-order valence-electron chi connectivity index (χ0n) is 15.6. The predicted octanol–water partition coefficient (Wildman–Crippen LogP) is 5.75. The number of nitrogens with zero attached hydrogens (tertiary/aromatic N) is 2. The SMILES string of the molecule is Brc1ccccc1Oc1ncc(NC[C@@H]2CCCN2)c(Oc2ccccc2Br)n1. The Morgan fingerprint density at radius 1 is 1.00 bits per heavy atom. The van der Waals surface area contributed by atoms with Gasteiger partial charge in [0.2, 0.25) is 5.88 Å². The molecule has 4 rings (SSSR count). The summed E-state index contributed by atoms with van der Waals surface area (Å²) in [4.78, 5) is 8.87. The summed E-state index contributed by atoms with van der Waals surface area (Å²) in [5.74, 6) is 1.71. The van der Waals surface area contributed by atoms with E-state index in [1.54, 1.807) is 6.20 Å². The molecule has 1 aromatic heterocycles. The number of hydrogen-bond donors (Lipinski definition) is 2. The molecule has 1 saturated heterocycles. The molecule has 0 bridgehead atoms. The van der Waals surface area contributed by atoms with Crippen molar-refractivity contribution in [1.82, 2.24) is 15.3 Å². The topological polar surface area (TPSA) is 68.3 Å². The summed E-state index contributed by atoms with van der Waals surface area (Å²) in [7, 11) is 0. The minimum absolute atomic E-state index is 0.212. The highest BCUT2D eigenvalue weighted by Crippen LogP contribution is 2.34. The number of ether oxygens (including phenoxy) is 2. The van der Waals surface area contributed by atoms with Crippen molar-refractivity contribution in [2.24, 2.45) is 0 Å². The number of halogens is 2. The van der Waals surface area contributed by atoms with E-state index >= 15 is 0 Å². The second-order valence-corrected chi connectivity index (χ2v) is 8.32. The highest BCUT2D eigenvalue weighted by Gasteiger charge is 2.17. The summed E-state index contributed by atoms with van der Waals surface area (Å²) >= 11 is 6.99. The first-order chi connectivity index (χ1) is 14.2. The average Bonchev–Trinajstić information content (AvgIpc) is 3.24. The molecule has 0 unspecified atom stereocenters. The van der Waals surface area contributed by atoms with Gasteiger partial charge in [-0.15, -0.1) is 0 Å². The van der Waals surface area contributed by atoms with Gasteiger partial charge in [0.15, 0.2) is 0 Å². The van der Waals surface area contributed by atoms with E-state index in [1.807, 2.05) is 48.5 Å². The lowest BCUT2D eigenvalue weighted by Crippen LogP contribution is -2.29. The van der Waals surface area contributed by atoms with Gasteiger partial charge in [0.05, 0.1) is 15.1 Å². The lowest BCUT2D eigenvalue weighted by Gasteiger charge is -2.16. The highest BCUT2D eigenvalue weighted by atomic mass is 79.9. The normalized spacial score (nSPS) is 15.9. The molecule has 150 valence electrons. The highest BCUT2D eigenvalue weighted by molar-refractivity contribution is 9.10. The van der Waals surface area contributed by atoms with Crippen LogP contribution in [0.5, 0.6) is 23.4 Å². The number of aromatic nitrogens is 2. The second kappa shape index (κ2) is 9.56. The van der Waals surface area contributed by atoms with Crippen molar-refractivity contribution in [3.05, 3.63) is 63.7 Å². The molecule has 1 fully saturated rings. The Morgan fingerprint density at radius 3 is 2.34 bits per heavy atom. The van der Waals surface area contributed by atoms with E-state index in [2.05, 4.69) is 52.5 Å². The Kier molecular flexibility index (Phi) is 6.63. The summed E-state index contributed by atoms with van der Waals surface area (Å²) in [5, 5.41) is 6.88. The molecule has 2 heterocycles. The van der Waals surface area contributed by atoms with E-state index < -0.39 is 0 Å². The summed E-state index contributed by atoms with van der Waals surface area (Å²) < 4.78 is 13.6. The number of para-hydroxylation sites is 2. The van der Waals surface area contributed by atoms with Crippen LogP contribution in [0.3, 0.4) is 0 Å². The van der Waals surface area contributed by atoms with Crippen molar-refractivity contribution >= 4 is 37.5 Å². The summed E-state index contributed by atoms with van der Waals surface area (Å²) in [6.07, 6.45) is 4.04. The third-order valence-corrected chi connectivity index (χ3v) is 5.82. The first-order valence-electron chi connectivity index (χ1n) is 9.38. The number of hydrogen-bond acceptors (Lipinski definition) is 6. The molecule has 1 atom stereocenters. The maximum Gasteiger partial charge on any atom is 0.325 e. The minimum atomic E-state index is 0.212. The predicted molar refractivity (Wildman–Crippen MR) is 120 cm³/mol. The zero-order chi connectivity index (χ0) is 20.1. The fourth-order valence-corrected chi connectivity index (χ4v) is 3.75. The standard InChI is InChI=1S/C21H20Br2N4O2/c22-15-7-1-3-9-18(15)28-20-17(25-12-14-6-5-11-24-14)13-26-21(27-20)29-19-10-4-2-8-16(19)23/h1-4,7-10,13-14,24-25H,5-6,11-12H2/t14-/m0/s1. The van der Waals surface area contributed by atoms with E-state index in [1.165, 1.54) is 6.42 Å². The van der Waals surface area contributed by atoms with Crippen LogP contribution < -0.4 is 20.1 Å². The summed E-state index contributed by atoms with van der Waals surface area (Å²) in [6.45, 7) is 1.84. The maximum absolute atomic E-state index is 6.09. The molecule has 6 nitrogen and oxygen atoms in total. The van der Waals surface area contributed by atoms with Gasteiger partial charge in [0, 0.05) is 12.6 Å². The molecule has 0 spiro atoms. The Morgan fingerprint density at radius 2 is 1.69 bits per heavy atom. The molecule has 0 radical (unpaired) electrons. The van der Waals surface area contributed by atoms with Crippen LogP contribution in [-0.2, 0) is 0 Å². The average molecular weight is 520 g/mol. The third-order valence-electron chi connectivity index (χ3n) is 4.51. The van der Waals surface area contributed by atoms with E-state index in [0.29, 0.717) is 29.1 Å². The number of benzene rings is 2. The molecule has 0 amide bonds. The van der Waals surface area contributed by atoms with Gasteiger partial charge in [-0.3, -0.25) is 0 Å². The van der Waals surface area contributed by atoms with Crippen LogP contribution in [-0.4, -0.2) is 29.1 Å². The van der Waals surface area contributed by atoms with E-state index in [4.69, 9.17) is 9.47 Å². The molecule has 29 heavy (non-hydrogen) atoms. The number of rotatable bonds is 7. The van der Waals surface area contributed by atoms with Crippen molar-refractivity contribution in [2.45, 2.75) is 18.9 Å². The molecular weight excluding hydrogens is 500 g/mol. The molecule has 1 aliphatic rings. The molecule has 3 aromatic rings. The first kappa shape index (κ1) is 20.1. The van der Waals surface area contributed by atoms with Crippen LogP contribution in [0.1, 0.15) is 12.8 Å². The van der Waals surface area contributed by atoms with Gasteiger partial charge < -0.3 is 20.1 Å². The lowest BCUT2D eigenvalue weighted by atomic mass is 10.2. The van der Waals surface area contributed by atoms with Crippen molar-refractivity contribution in [2.75, 3.05) is 18.4 Å². The second-order valence-electron chi connectivity index (χ2n) is 6.61. The fraction of sp³-hybridized carbons (Fsp3) is 0.238. The Balaban J connectivity index is 1.59. The molecule has 8 heteroatoms. The smallest absolute Gasteiger partial charge is 0.325 e. The van der Waals surface area contributed by atoms with E-state index in [-0.39, 0.29) is 6.01 Å². The minimum Gasteiger partial charge on any atom is -0.436 e. The largest absolute Gasteiger partial charge is 0.436 e. The van der Waals surface area contributed by atoms with Gasteiger partial charge in [-0.05, 0) is 75.5 Å². The number of nitrogens with one attached hydrogen (secondary N) is 2.